The molecule has 0 amide bonds. The van der Waals surface area contributed by atoms with Gasteiger partial charge in [0, 0.05) is 19.1 Å². The molecule has 0 aromatic carbocycles. The van der Waals surface area contributed by atoms with Gasteiger partial charge < -0.3 is 10.4 Å². The molecule has 0 radical (unpaired) electrons. The van der Waals surface area contributed by atoms with Crippen LogP contribution >= 0.6 is 0 Å². The Kier molecular flexibility index (Phi) is 5.03. The minimum absolute atomic E-state index is 0.563. The summed E-state index contributed by atoms with van der Waals surface area (Å²) in [4.78, 5) is 2.37. The van der Waals surface area contributed by atoms with Crippen LogP contribution in [0.4, 0.5) is 0 Å². The molecule has 0 aromatic rings. The Balaban J connectivity index is 2.29. The zero-order valence-corrected chi connectivity index (χ0v) is 10.4. The molecule has 1 rings (SSSR count). The second-order valence-electron chi connectivity index (χ2n) is 5.34. The molecular formula is C12H26N2O. The summed E-state index contributed by atoms with van der Waals surface area (Å²) in [5.74, 6) is 0. The van der Waals surface area contributed by atoms with Crippen molar-refractivity contribution < 1.29 is 5.11 Å². The first-order valence-electron chi connectivity index (χ1n) is 6.19. The number of piperidine rings is 1. The van der Waals surface area contributed by atoms with Gasteiger partial charge in [-0.3, -0.25) is 4.90 Å². The highest BCUT2D eigenvalue weighted by Gasteiger charge is 2.23. The van der Waals surface area contributed by atoms with E-state index >= 15 is 0 Å². The zero-order chi connectivity index (χ0) is 11.3. The SMILES string of the molecule is CCCNC1CCCN(CC(C)(C)O)C1. The number of nitrogens with one attached hydrogen (secondary N) is 1. The van der Waals surface area contributed by atoms with Gasteiger partial charge in [0.2, 0.25) is 0 Å². The van der Waals surface area contributed by atoms with Gasteiger partial charge in [-0.05, 0) is 46.2 Å². The van der Waals surface area contributed by atoms with E-state index in [9.17, 15) is 5.11 Å². The van der Waals surface area contributed by atoms with Gasteiger partial charge in [-0.25, -0.2) is 0 Å². The summed E-state index contributed by atoms with van der Waals surface area (Å²) in [6.45, 7) is 10.1. The largest absolute Gasteiger partial charge is 0.389 e. The van der Waals surface area contributed by atoms with Crippen molar-refractivity contribution in [2.24, 2.45) is 0 Å². The highest BCUT2D eigenvalue weighted by atomic mass is 16.3. The lowest BCUT2D eigenvalue weighted by atomic mass is 10.0. The second-order valence-corrected chi connectivity index (χ2v) is 5.34. The first kappa shape index (κ1) is 12.9. The Hall–Kier alpha value is -0.120. The number of nitrogens with zero attached hydrogens (tertiary/aromatic N) is 1. The monoisotopic (exact) mass is 214 g/mol. The molecule has 0 aliphatic carbocycles. The number of hydrogen-bond donors (Lipinski definition) is 2. The van der Waals surface area contributed by atoms with E-state index in [1.807, 2.05) is 13.8 Å². The van der Waals surface area contributed by atoms with Crippen LogP contribution in [0.1, 0.15) is 40.0 Å². The van der Waals surface area contributed by atoms with E-state index in [-0.39, 0.29) is 0 Å². The summed E-state index contributed by atoms with van der Waals surface area (Å²) in [7, 11) is 0. The van der Waals surface area contributed by atoms with E-state index in [0.29, 0.717) is 6.04 Å². The van der Waals surface area contributed by atoms with Crippen LogP contribution in [0.2, 0.25) is 0 Å². The number of rotatable bonds is 5. The highest BCUT2D eigenvalue weighted by molar-refractivity contribution is 4.81. The van der Waals surface area contributed by atoms with Crippen molar-refractivity contribution >= 4 is 0 Å². The molecule has 1 unspecified atom stereocenters. The topological polar surface area (TPSA) is 35.5 Å². The Morgan fingerprint density at radius 1 is 1.47 bits per heavy atom. The van der Waals surface area contributed by atoms with Crippen molar-refractivity contribution in [2.45, 2.75) is 51.7 Å². The molecule has 90 valence electrons. The molecule has 1 heterocycles. The molecule has 0 spiro atoms. The Bertz CT molecular complexity index is 177. The van der Waals surface area contributed by atoms with E-state index < -0.39 is 5.60 Å². The normalized spacial score (nSPS) is 24.4. The number of hydrogen-bond acceptors (Lipinski definition) is 3. The Morgan fingerprint density at radius 2 is 2.20 bits per heavy atom. The summed E-state index contributed by atoms with van der Waals surface area (Å²) >= 11 is 0. The smallest absolute Gasteiger partial charge is 0.0718 e. The van der Waals surface area contributed by atoms with Crippen molar-refractivity contribution in [3.8, 4) is 0 Å². The minimum Gasteiger partial charge on any atom is -0.389 e. The first-order valence-corrected chi connectivity index (χ1v) is 6.19. The van der Waals surface area contributed by atoms with Crippen molar-refractivity contribution in [2.75, 3.05) is 26.2 Å². The third-order valence-electron chi connectivity index (χ3n) is 2.80. The van der Waals surface area contributed by atoms with Gasteiger partial charge in [-0.15, -0.1) is 0 Å². The molecule has 3 heteroatoms. The van der Waals surface area contributed by atoms with Crippen LogP contribution < -0.4 is 5.32 Å². The fourth-order valence-corrected chi connectivity index (χ4v) is 2.26. The third kappa shape index (κ3) is 5.50. The van der Waals surface area contributed by atoms with Crippen LogP contribution in [-0.4, -0.2) is 47.8 Å². The number of likely N-dealkylation sites (tertiary alicyclic amines) is 1. The maximum atomic E-state index is 9.77. The molecule has 1 fully saturated rings. The van der Waals surface area contributed by atoms with Crippen LogP contribution in [-0.2, 0) is 0 Å². The quantitative estimate of drug-likeness (QED) is 0.722. The second kappa shape index (κ2) is 5.83. The van der Waals surface area contributed by atoms with E-state index in [1.54, 1.807) is 0 Å². The average molecular weight is 214 g/mol. The molecule has 0 aromatic heterocycles. The lowest BCUT2D eigenvalue weighted by Crippen LogP contribution is -2.49. The predicted molar refractivity (Wildman–Crippen MR) is 64.1 cm³/mol. The van der Waals surface area contributed by atoms with Gasteiger partial charge in [0.05, 0.1) is 5.60 Å². The van der Waals surface area contributed by atoms with Gasteiger partial charge in [0.25, 0.3) is 0 Å². The lowest BCUT2D eigenvalue weighted by Gasteiger charge is -2.36. The molecule has 0 bridgehead atoms. The van der Waals surface area contributed by atoms with Gasteiger partial charge in [0.15, 0.2) is 0 Å². The van der Waals surface area contributed by atoms with E-state index in [0.717, 1.165) is 26.2 Å². The highest BCUT2D eigenvalue weighted by Crippen LogP contribution is 2.13. The van der Waals surface area contributed by atoms with E-state index in [1.165, 1.54) is 19.3 Å². The Morgan fingerprint density at radius 3 is 2.80 bits per heavy atom. The molecule has 15 heavy (non-hydrogen) atoms. The Labute approximate surface area is 93.9 Å². The first-order chi connectivity index (χ1) is 7.01. The third-order valence-corrected chi connectivity index (χ3v) is 2.80. The standard InChI is InChI=1S/C12H26N2O/c1-4-7-13-11-6-5-8-14(9-11)10-12(2,3)15/h11,13,15H,4-10H2,1-3H3. The van der Waals surface area contributed by atoms with Gasteiger partial charge >= 0.3 is 0 Å². The fourth-order valence-electron chi connectivity index (χ4n) is 2.26. The van der Waals surface area contributed by atoms with Crippen LogP contribution in [0.3, 0.4) is 0 Å². The number of β-amino-alcohol motifs (C(OH)–C–C–N with tert-alkyl or cyclic N) is 1. The van der Waals surface area contributed by atoms with Crippen molar-refractivity contribution in [1.29, 1.82) is 0 Å². The summed E-state index contributed by atoms with van der Waals surface area (Å²) in [5, 5.41) is 13.3. The molecule has 1 aliphatic heterocycles. The van der Waals surface area contributed by atoms with Gasteiger partial charge in [-0.2, -0.15) is 0 Å². The van der Waals surface area contributed by atoms with Crippen molar-refractivity contribution in [3.05, 3.63) is 0 Å². The van der Waals surface area contributed by atoms with Gasteiger partial charge in [0.1, 0.15) is 0 Å². The molecule has 1 saturated heterocycles. The maximum absolute atomic E-state index is 9.77. The predicted octanol–water partition coefficient (Wildman–Crippen LogP) is 1.22. The summed E-state index contributed by atoms with van der Waals surface area (Å²) in [6.07, 6.45) is 3.72. The van der Waals surface area contributed by atoms with Crippen LogP contribution in [0.25, 0.3) is 0 Å². The molecule has 2 N–H and O–H groups in total. The average Bonchev–Trinajstić information content (AvgIpc) is 2.12. The van der Waals surface area contributed by atoms with Crippen LogP contribution in [0, 0.1) is 0 Å². The van der Waals surface area contributed by atoms with Gasteiger partial charge in [-0.1, -0.05) is 6.92 Å². The van der Waals surface area contributed by atoms with Crippen molar-refractivity contribution in [3.63, 3.8) is 0 Å². The van der Waals surface area contributed by atoms with E-state index in [2.05, 4.69) is 17.1 Å². The number of aliphatic hydroxyl groups is 1. The maximum Gasteiger partial charge on any atom is 0.0718 e. The zero-order valence-electron chi connectivity index (χ0n) is 10.4. The minimum atomic E-state index is -0.563. The molecule has 3 nitrogen and oxygen atoms in total. The van der Waals surface area contributed by atoms with Crippen LogP contribution in [0.5, 0.6) is 0 Å². The summed E-state index contributed by atoms with van der Waals surface area (Å²) in [6, 6.07) is 0.626. The summed E-state index contributed by atoms with van der Waals surface area (Å²) in [5.41, 5.74) is -0.563. The lowest BCUT2D eigenvalue weighted by molar-refractivity contribution is 0.0254. The molecule has 1 atom stereocenters. The molecule has 1 aliphatic rings. The van der Waals surface area contributed by atoms with Crippen molar-refractivity contribution in [1.82, 2.24) is 10.2 Å². The van der Waals surface area contributed by atoms with E-state index in [4.69, 9.17) is 0 Å². The summed E-state index contributed by atoms with van der Waals surface area (Å²) < 4.78 is 0. The molecule has 0 saturated carbocycles. The fraction of sp³-hybridized carbons (Fsp3) is 1.00. The molecular weight excluding hydrogens is 188 g/mol. The van der Waals surface area contributed by atoms with Crippen LogP contribution in [0.15, 0.2) is 0 Å².